The smallest absolute Gasteiger partial charge is 0.0991 e. The number of hydrogen-bond donors (Lipinski definition) is 0. The Morgan fingerprint density at radius 2 is 1.28 bits per heavy atom. The average molecular weight is 233 g/mol. The summed E-state index contributed by atoms with van der Waals surface area (Å²) >= 11 is 0. The molecule has 0 aliphatic heterocycles. The van der Waals surface area contributed by atoms with Crippen molar-refractivity contribution in [2.24, 2.45) is 0 Å². The Morgan fingerprint density at radius 3 is 1.67 bits per heavy atom. The van der Waals surface area contributed by atoms with Crippen LogP contribution in [0.5, 0.6) is 0 Å². The summed E-state index contributed by atoms with van der Waals surface area (Å²) in [5.41, 5.74) is 2.90. The van der Waals surface area contributed by atoms with E-state index in [1.807, 2.05) is 54.6 Å². The lowest BCUT2D eigenvalue weighted by molar-refractivity contribution is 1.48. The molecule has 18 heavy (non-hydrogen) atoms. The van der Waals surface area contributed by atoms with Crippen LogP contribution in [0.1, 0.15) is 16.7 Å². The summed E-state index contributed by atoms with van der Waals surface area (Å²) in [6.45, 7) is 7.23. The second kappa shape index (κ2) is 7.65. The van der Waals surface area contributed by atoms with Crippen molar-refractivity contribution >= 4 is 12.2 Å². The fourth-order valence-electron chi connectivity index (χ4n) is 1.28. The number of benzene rings is 2. The molecule has 1 nitrogen and oxygen atoms in total. The van der Waals surface area contributed by atoms with Crippen molar-refractivity contribution in [2.75, 3.05) is 0 Å². The van der Waals surface area contributed by atoms with Crippen molar-refractivity contribution in [3.05, 3.63) is 84.4 Å². The van der Waals surface area contributed by atoms with Gasteiger partial charge >= 0.3 is 0 Å². The third-order valence-electron chi connectivity index (χ3n) is 2.31. The summed E-state index contributed by atoms with van der Waals surface area (Å²) in [7, 11) is 0. The van der Waals surface area contributed by atoms with Crippen molar-refractivity contribution in [3.63, 3.8) is 0 Å². The Labute approximate surface area is 108 Å². The maximum atomic E-state index is 8.43. The predicted molar refractivity (Wildman–Crippen MR) is 77.8 cm³/mol. The van der Waals surface area contributed by atoms with Crippen molar-refractivity contribution in [1.29, 1.82) is 5.26 Å². The van der Waals surface area contributed by atoms with Gasteiger partial charge in [0, 0.05) is 0 Å². The van der Waals surface area contributed by atoms with Gasteiger partial charge in [0.05, 0.1) is 11.6 Å². The van der Waals surface area contributed by atoms with E-state index in [0.29, 0.717) is 5.56 Å². The highest BCUT2D eigenvalue weighted by atomic mass is 14.2. The highest BCUT2D eigenvalue weighted by Crippen LogP contribution is 2.03. The van der Waals surface area contributed by atoms with Gasteiger partial charge in [-0.1, -0.05) is 67.8 Å². The van der Waals surface area contributed by atoms with Crippen molar-refractivity contribution in [1.82, 2.24) is 0 Å². The molecule has 0 spiro atoms. The van der Waals surface area contributed by atoms with Crippen LogP contribution in [0.3, 0.4) is 0 Å². The molecule has 0 aromatic heterocycles. The third-order valence-corrected chi connectivity index (χ3v) is 2.31. The van der Waals surface area contributed by atoms with Crippen LogP contribution in [-0.4, -0.2) is 0 Å². The quantitative estimate of drug-likeness (QED) is 0.747. The molecule has 0 bridgehead atoms. The van der Waals surface area contributed by atoms with Gasteiger partial charge in [0.2, 0.25) is 0 Å². The first kappa shape index (κ1) is 13.5. The zero-order valence-electron chi connectivity index (χ0n) is 10.2. The van der Waals surface area contributed by atoms with Crippen LogP contribution in [0.4, 0.5) is 0 Å². The first-order valence-electron chi connectivity index (χ1n) is 5.60. The van der Waals surface area contributed by atoms with Gasteiger partial charge in [0.1, 0.15) is 0 Å². The molecule has 0 radical (unpaired) electrons. The first-order valence-corrected chi connectivity index (χ1v) is 5.60. The summed E-state index contributed by atoms with van der Waals surface area (Å²) in [4.78, 5) is 0. The fraction of sp³-hybridized carbons (Fsp3) is 0. The molecule has 0 saturated carbocycles. The van der Waals surface area contributed by atoms with E-state index in [2.05, 4.69) is 13.2 Å². The molecule has 0 N–H and O–H groups in total. The zero-order chi connectivity index (χ0) is 13.2. The van der Waals surface area contributed by atoms with E-state index >= 15 is 0 Å². The Kier molecular flexibility index (Phi) is 5.72. The minimum absolute atomic E-state index is 0.686. The van der Waals surface area contributed by atoms with Gasteiger partial charge in [0.25, 0.3) is 0 Å². The monoisotopic (exact) mass is 233 g/mol. The van der Waals surface area contributed by atoms with Gasteiger partial charge in [0.15, 0.2) is 0 Å². The molecule has 0 heterocycles. The summed E-state index contributed by atoms with van der Waals surface area (Å²) in [5.74, 6) is 0. The zero-order valence-corrected chi connectivity index (χ0v) is 10.2. The van der Waals surface area contributed by atoms with Crippen molar-refractivity contribution < 1.29 is 0 Å². The molecule has 88 valence electrons. The van der Waals surface area contributed by atoms with E-state index in [0.717, 1.165) is 5.56 Å². The predicted octanol–water partition coefficient (Wildman–Crippen LogP) is 4.53. The average Bonchev–Trinajstić information content (AvgIpc) is 2.49. The van der Waals surface area contributed by atoms with E-state index in [-0.39, 0.29) is 0 Å². The largest absolute Gasteiger partial charge is 0.192 e. The Morgan fingerprint density at radius 1 is 0.778 bits per heavy atom. The molecule has 2 aromatic carbocycles. The van der Waals surface area contributed by atoms with Crippen LogP contribution >= 0.6 is 0 Å². The van der Waals surface area contributed by atoms with Crippen LogP contribution in [0.25, 0.3) is 12.2 Å². The van der Waals surface area contributed by atoms with E-state index in [4.69, 9.17) is 5.26 Å². The first-order chi connectivity index (χ1) is 8.80. The lowest BCUT2D eigenvalue weighted by atomic mass is 10.1. The number of rotatable bonds is 2. The van der Waals surface area contributed by atoms with Crippen molar-refractivity contribution in [2.45, 2.75) is 0 Å². The van der Waals surface area contributed by atoms with Gasteiger partial charge in [-0.25, -0.2) is 0 Å². The van der Waals surface area contributed by atoms with Crippen LogP contribution < -0.4 is 0 Å². The van der Waals surface area contributed by atoms with Crippen LogP contribution in [0, 0.1) is 11.3 Å². The molecule has 2 aromatic rings. The minimum Gasteiger partial charge on any atom is -0.192 e. The number of nitrogens with zero attached hydrogens (tertiary/aromatic N) is 1. The topological polar surface area (TPSA) is 23.8 Å². The summed E-state index contributed by atoms with van der Waals surface area (Å²) in [5, 5.41) is 8.43. The maximum Gasteiger partial charge on any atom is 0.0991 e. The molecular weight excluding hydrogens is 218 g/mol. The van der Waals surface area contributed by atoms with Gasteiger partial charge < -0.3 is 0 Å². The molecule has 2 rings (SSSR count). The molecule has 0 unspecified atom stereocenters. The van der Waals surface area contributed by atoms with Gasteiger partial charge in [-0.2, -0.15) is 5.26 Å². The minimum atomic E-state index is 0.686. The molecule has 0 aliphatic carbocycles. The van der Waals surface area contributed by atoms with Crippen LogP contribution in [0.15, 0.2) is 67.8 Å². The Balaban J connectivity index is 0.000000184. The van der Waals surface area contributed by atoms with E-state index < -0.39 is 0 Å². The summed E-state index contributed by atoms with van der Waals surface area (Å²) < 4.78 is 0. The van der Waals surface area contributed by atoms with Crippen LogP contribution in [0.2, 0.25) is 0 Å². The molecular formula is C17H15N. The highest BCUT2D eigenvalue weighted by Gasteiger charge is 1.86. The third kappa shape index (κ3) is 4.51. The van der Waals surface area contributed by atoms with Crippen LogP contribution in [-0.2, 0) is 0 Å². The number of nitriles is 1. The standard InChI is InChI=1S/C9H7N.C8H8/c1-2-8-3-5-9(7-10)6-4-8;1-2-8-6-4-3-5-7-8/h2-6H,1H2;2-7H,1H2. The molecule has 1 heteroatoms. The second-order valence-electron chi connectivity index (χ2n) is 3.55. The van der Waals surface area contributed by atoms with Gasteiger partial charge in [-0.3, -0.25) is 0 Å². The summed E-state index contributed by atoms with van der Waals surface area (Å²) in [6.07, 6.45) is 3.58. The Bertz CT molecular complexity index is 530. The normalized spacial score (nSPS) is 8.39. The van der Waals surface area contributed by atoms with E-state index in [1.165, 1.54) is 5.56 Å². The fourth-order valence-corrected chi connectivity index (χ4v) is 1.28. The molecule has 0 atom stereocenters. The molecule has 0 saturated heterocycles. The van der Waals surface area contributed by atoms with E-state index in [1.54, 1.807) is 18.2 Å². The lowest BCUT2D eigenvalue weighted by Gasteiger charge is -1.89. The second-order valence-corrected chi connectivity index (χ2v) is 3.55. The maximum absolute atomic E-state index is 8.43. The summed E-state index contributed by atoms with van der Waals surface area (Å²) in [6, 6.07) is 19.4. The van der Waals surface area contributed by atoms with Gasteiger partial charge in [-0.15, -0.1) is 0 Å². The van der Waals surface area contributed by atoms with Crippen molar-refractivity contribution in [3.8, 4) is 6.07 Å². The lowest BCUT2D eigenvalue weighted by Crippen LogP contribution is -1.73. The number of hydrogen-bond acceptors (Lipinski definition) is 1. The molecule has 0 aliphatic rings. The Hall–Kier alpha value is -2.59. The molecule has 0 fully saturated rings. The van der Waals surface area contributed by atoms with E-state index in [9.17, 15) is 0 Å². The molecule has 0 amide bonds. The van der Waals surface area contributed by atoms with Gasteiger partial charge in [-0.05, 0) is 23.3 Å². The highest BCUT2D eigenvalue weighted by molar-refractivity contribution is 5.48. The SMILES string of the molecule is C=Cc1ccc(C#N)cc1.C=Cc1ccccc1.